The second-order valence-electron chi connectivity index (χ2n) is 8.80. The molecular weight excluding hydrogens is 490 g/mol. The number of nitrogens with one attached hydrogen (secondary N) is 1. The molecule has 5 rings (SSSR count). The van der Waals surface area contributed by atoms with Crippen LogP contribution in [0.15, 0.2) is 88.8 Å². The third-order valence-electron chi connectivity index (χ3n) is 6.32. The van der Waals surface area contributed by atoms with Gasteiger partial charge in [0.2, 0.25) is 5.91 Å². The Hall–Kier alpha value is -4.36. The molecule has 2 N–H and O–H groups in total. The topological polar surface area (TPSA) is 92.9 Å². The van der Waals surface area contributed by atoms with Gasteiger partial charge in [0.15, 0.2) is 0 Å². The van der Waals surface area contributed by atoms with Gasteiger partial charge >= 0.3 is 0 Å². The molecule has 4 aromatic rings. The number of aromatic nitrogens is 1. The number of hydrogen-bond donors (Lipinski definition) is 2. The number of benzene rings is 3. The van der Waals surface area contributed by atoms with Crippen LogP contribution in [0.25, 0.3) is 11.1 Å². The van der Waals surface area contributed by atoms with Crippen molar-refractivity contribution in [3.8, 4) is 22.6 Å². The van der Waals surface area contributed by atoms with Crippen molar-refractivity contribution in [3.05, 3.63) is 111 Å². The molecule has 0 bridgehead atoms. The fraction of sp³-hybridized carbons (Fsp3) is 0.138. The molecule has 0 saturated heterocycles. The number of amides is 1. The fourth-order valence-corrected chi connectivity index (χ4v) is 4.57. The molecule has 2 heterocycles. The van der Waals surface area contributed by atoms with Gasteiger partial charge in [-0.25, -0.2) is 0 Å². The van der Waals surface area contributed by atoms with Crippen molar-refractivity contribution in [1.82, 2.24) is 4.57 Å². The lowest BCUT2D eigenvalue weighted by atomic mass is 9.91. The highest BCUT2D eigenvalue weighted by atomic mass is 35.5. The van der Waals surface area contributed by atoms with Crippen molar-refractivity contribution in [3.63, 3.8) is 0 Å². The van der Waals surface area contributed by atoms with Crippen molar-refractivity contribution in [2.45, 2.75) is 12.5 Å². The van der Waals surface area contributed by atoms with Crippen LogP contribution in [0.2, 0.25) is 5.02 Å². The van der Waals surface area contributed by atoms with E-state index >= 15 is 0 Å². The van der Waals surface area contributed by atoms with Gasteiger partial charge in [0.1, 0.15) is 11.5 Å². The van der Waals surface area contributed by atoms with E-state index in [-0.39, 0.29) is 23.6 Å². The van der Waals surface area contributed by atoms with Crippen LogP contribution in [0, 0.1) is 0 Å². The zero-order valence-corrected chi connectivity index (χ0v) is 21.0. The molecule has 8 heteroatoms. The van der Waals surface area contributed by atoms with Gasteiger partial charge in [-0.15, -0.1) is 0 Å². The molecule has 0 saturated carbocycles. The maximum absolute atomic E-state index is 13.1. The van der Waals surface area contributed by atoms with Crippen molar-refractivity contribution in [1.29, 1.82) is 0 Å². The number of phenols is 1. The highest BCUT2D eigenvalue weighted by molar-refractivity contribution is 6.30. The van der Waals surface area contributed by atoms with Crippen molar-refractivity contribution >= 4 is 28.9 Å². The number of ether oxygens (including phenoxy) is 1. The largest absolute Gasteiger partial charge is 0.508 e. The molecule has 1 amide bonds. The zero-order valence-electron chi connectivity index (χ0n) is 20.2. The summed E-state index contributed by atoms with van der Waals surface area (Å²) in [5.74, 6) is 0.498. The second kappa shape index (κ2) is 9.95. The Labute approximate surface area is 218 Å². The lowest BCUT2D eigenvalue weighted by Gasteiger charge is -2.16. The predicted octanol–water partition coefficient (Wildman–Crippen LogP) is 5.34. The van der Waals surface area contributed by atoms with Gasteiger partial charge in [-0.1, -0.05) is 23.7 Å². The first-order valence-corrected chi connectivity index (χ1v) is 12.0. The third kappa shape index (κ3) is 4.99. The Morgan fingerprint density at radius 3 is 2.46 bits per heavy atom. The minimum absolute atomic E-state index is 0.00323. The number of aromatic hydroxyl groups is 1. The van der Waals surface area contributed by atoms with Crippen molar-refractivity contribution in [2.24, 2.45) is 12.0 Å². The number of rotatable bonds is 5. The van der Waals surface area contributed by atoms with Crippen molar-refractivity contribution in [2.75, 3.05) is 12.4 Å². The first kappa shape index (κ1) is 24.3. The van der Waals surface area contributed by atoms with E-state index in [2.05, 4.69) is 5.32 Å². The first-order chi connectivity index (χ1) is 17.8. The van der Waals surface area contributed by atoms with Gasteiger partial charge in [-0.3, -0.25) is 14.6 Å². The Balaban J connectivity index is 1.67. The molecule has 37 heavy (non-hydrogen) atoms. The van der Waals surface area contributed by atoms with E-state index in [0.29, 0.717) is 27.7 Å². The van der Waals surface area contributed by atoms with E-state index in [4.69, 9.17) is 21.3 Å². The number of fused-ring (bicyclic) bond motifs is 3. The number of aliphatic imine (C=N–C) groups is 1. The van der Waals surface area contributed by atoms with Gasteiger partial charge in [-0.05, 0) is 65.7 Å². The number of pyridine rings is 1. The number of methoxy groups -OCH3 is 1. The Kier molecular flexibility index (Phi) is 6.54. The zero-order chi connectivity index (χ0) is 26.1. The molecule has 1 aliphatic heterocycles. The molecule has 1 aliphatic rings. The fourth-order valence-electron chi connectivity index (χ4n) is 4.45. The van der Waals surface area contributed by atoms with E-state index in [1.54, 1.807) is 50.7 Å². The lowest BCUT2D eigenvalue weighted by Crippen LogP contribution is -2.20. The summed E-state index contributed by atoms with van der Waals surface area (Å²) >= 11 is 6.16. The average molecular weight is 514 g/mol. The highest BCUT2D eigenvalue weighted by Gasteiger charge is 2.28. The number of carbonyl (C=O) groups is 1. The Morgan fingerprint density at radius 2 is 1.76 bits per heavy atom. The van der Waals surface area contributed by atoms with Gasteiger partial charge in [0.05, 0.1) is 25.3 Å². The monoisotopic (exact) mass is 513 g/mol. The molecule has 1 atom stereocenters. The SMILES string of the molecule is COc1ccc2c(c1)C(c1ccc(Cl)cc1)=NC(CC(=O)Nc1ccc(O)cc1)c1cc(=O)n(C)cc1-2. The third-order valence-corrected chi connectivity index (χ3v) is 6.58. The summed E-state index contributed by atoms with van der Waals surface area (Å²) < 4.78 is 7.03. The molecule has 3 aromatic carbocycles. The van der Waals surface area contributed by atoms with Gasteiger partial charge in [-0.2, -0.15) is 0 Å². The van der Waals surface area contributed by atoms with Crippen molar-refractivity contribution < 1.29 is 14.6 Å². The van der Waals surface area contributed by atoms with Crippen LogP contribution in [-0.2, 0) is 11.8 Å². The van der Waals surface area contributed by atoms with E-state index in [0.717, 1.165) is 22.3 Å². The molecule has 1 unspecified atom stereocenters. The summed E-state index contributed by atoms with van der Waals surface area (Å²) in [6.07, 6.45) is 1.79. The summed E-state index contributed by atoms with van der Waals surface area (Å²) in [5.41, 5.74) is 5.03. The van der Waals surface area contributed by atoms with Gasteiger partial charge < -0.3 is 19.7 Å². The number of hydrogen-bond acceptors (Lipinski definition) is 5. The highest BCUT2D eigenvalue weighted by Crippen LogP contribution is 2.39. The average Bonchev–Trinajstić information content (AvgIpc) is 3.01. The summed E-state index contributed by atoms with van der Waals surface area (Å²) in [5, 5.41) is 13.0. The van der Waals surface area contributed by atoms with Gasteiger partial charge in [0, 0.05) is 46.7 Å². The summed E-state index contributed by atoms with van der Waals surface area (Å²) in [6.45, 7) is 0. The molecule has 0 fully saturated rings. The standard InChI is InChI=1S/C29H24ClN3O4/c1-33-16-25-22-12-11-21(37-2)13-24(22)29(17-3-5-18(30)6-4-17)32-26(23(25)14-28(33)36)15-27(35)31-19-7-9-20(34)10-8-19/h3-14,16,26,34H,15H2,1-2H3,(H,31,35). The molecule has 0 radical (unpaired) electrons. The van der Waals surface area contributed by atoms with Gasteiger partial charge in [0.25, 0.3) is 5.56 Å². The van der Waals surface area contributed by atoms with E-state index in [1.165, 1.54) is 16.7 Å². The maximum atomic E-state index is 13.1. The summed E-state index contributed by atoms with van der Waals surface area (Å²) in [7, 11) is 3.30. The van der Waals surface area contributed by atoms with Crippen LogP contribution in [-0.4, -0.2) is 28.4 Å². The summed E-state index contributed by atoms with van der Waals surface area (Å²) in [4.78, 5) is 30.9. The minimum atomic E-state index is -0.634. The molecular formula is C29H24ClN3O4. The Bertz CT molecular complexity index is 1570. The van der Waals surface area contributed by atoms with E-state index < -0.39 is 6.04 Å². The predicted molar refractivity (Wildman–Crippen MR) is 145 cm³/mol. The number of halogens is 1. The first-order valence-electron chi connectivity index (χ1n) is 11.6. The van der Waals surface area contributed by atoms with Crippen LogP contribution in [0.1, 0.15) is 29.2 Å². The number of aryl methyl sites for hydroxylation is 1. The molecule has 1 aromatic heterocycles. The number of nitrogens with zero attached hydrogens (tertiary/aromatic N) is 2. The molecule has 0 spiro atoms. The smallest absolute Gasteiger partial charge is 0.250 e. The van der Waals surface area contributed by atoms with Crippen LogP contribution in [0.3, 0.4) is 0 Å². The Morgan fingerprint density at radius 1 is 1.03 bits per heavy atom. The quantitative estimate of drug-likeness (QED) is 0.352. The van der Waals surface area contributed by atoms with Crippen LogP contribution < -0.4 is 15.6 Å². The number of carbonyl (C=O) groups excluding carboxylic acids is 1. The van der Waals surface area contributed by atoms with Crippen LogP contribution in [0.5, 0.6) is 11.5 Å². The van der Waals surface area contributed by atoms with E-state index in [1.807, 2.05) is 30.3 Å². The number of phenolic OH excluding ortho intramolecular Hbond substituents is 1. The van der Waals surface area contributed by atoms with Crippen LogP contribution >= 0.6 is 11.6 Å². The summed E-state index contributed by atoms with van der Waals surface area (Å²) in [6, 6.07) is 20.2. The normalized spacial score (nSPS) is 14.1. The van der Waals surface area contributed by atoms with E-state index in [9.17, 15) is 14.7 Å². The van der Waals surface area contributed by atoms with Crippen LogP contribution in [0.4, 0.5) is 5.69 Å². The number of anilines is 1. The molecule has 0 aliphatic carbocycles. The lowest BCUT2D eigenvalue weighted by molar-refractivity contribution is -0.116. The molecule has 7 nitrogen and oxygen atoms in total. The maximum Gasteiger partial charge on any atom is 0.250 e. The minimum Gasteiger partial charge on any atom is -0.508 e. The molecule has 186 valence electrons. The second-order valence-corrected chi connectivity index (χ2v) is 9.24.